The molecule has 2 rings (SSSR count). The molecule has 0 saturated heterocycles. The van der Waals surface area contributed by atoms with E-state index in [1.165, 1.54) is 0 Å². The molecule has 5 heteroatoms. The Balaban J connectivity index is 2.26. The molecule has 92 valence electrons. The number of pyridine rings is 2. The average Bonchev–Trinajstić information content (AvgIpc) is 2.46. The van der Waals surface area contributed by atoms with Crippen LogP contribution in [-0.4, -0.2) is 30.4 Å². The standard InChI is InChI=1S/C13H13N3O2/c1-17-12-6-13(18-2)16-8-10(12)7-15-11-4-3-5-14-9-11/h3-9H,1-2H3. The molecule has 0 unspecified atom stereocenters. The molecule has 18 heavy (non-hydrogen) atoms. The predicted molar refractivity (Wildman–Crippen MR) is 68.8 cm³/mol. The number of methoxy groups -OCH3 is 2. The zero-order valence-electron chi connectivity index (χ0n) is 10.2. The fraction of sp³-hybridized carbons (Fsp3) is 0.154. The number of ether oxygens (including phenoxy) is 2. The van der Waals surface area contributed by atoms with Gasteiger partial charge in [-0.05, 0) is 12.1 Å². The van der Waals surface area contributed by atoms with Crippen LogP contribution in [0.5, 0.6) is 11.6 Å². The molecule has 0 aliphatic carbocycles. The zero-order valence-corrected chi connectivity index (χ0v) is 10.2. The summed E-state index contributed by atoms with van der Waals surface area (Å²) < 4.78 is 10.3. The van der Waals surface area contributed by atoms with E-state index in [-0.39, 0.29) is 0 Å². The number of rotatable bonds is 4. The van der Waals surface area contributed by atoms with E-state index in [1.807, 2.05) is 12.1 Å². The van der Waals surface area contributed by atoms with Crippen molar-refractivity contribution in [3.63, 3.8) is 0 Å². The van der Waals surface area contributed by atoms with Gasteiger partial charge in [0.2, 0.25) is 5.88 Å². The van der Waals surface area contributed by atoms with Gasteiger partial charge in [-0.2, -0.15) is 0 Å². The first-order valence-electron chi connectivity index (χ1n) is 5.35. The van der Waals surface area contributed by atoms with Crippen LogP contribution in [0.1, 0.15) is 5.56 Å². The first-order chi connectivity index (χ1) is 8.83. The van der Waals surface area contributed by atoms with Crippen molar-refractivity contribution >= 4 is 11.9 Å². The summed E-state index contributed by atoms with van der Waals surface area (Å²) in [4.78, 5) is 12.4. The van der Waals surface area contributed by atoms with Crippen LogP contribution in [0.3, 0.4) is 0 Å². The molecule has 0 radical (unpaired) electrons. The summed E-state index contributed by atoms with van der Waals surface area (Å²) in [7, 11) is 3.15. The maximum absolute atomic E-state index is 5.25. The summed E-state index contributed by atoms with van der Waals surface area (Å²) >= 11 is 0. The summed E-state index contributed by atoms with van der Waals surface area (Å²) in [6.45, 7) is 0. The second kappa shape index (κ2) is 5.77. The fourth-order valence-electron chi connectivity index (χ4n) is 1.39. The number of nitrogens with zero attached hydrogens (tertiary/aromatic N) is 3. The van der Waals surface area contributed by atoms with Crippen LogP contribution in [0.4, 0.5) is 5.69 Å². The van der Waals surface area contributed by atoms with E-state index in [4.69, 9.17) is 9.47 Å². The Bertz CT molecular complexity index is 541. The largest absolute Gasteiger partial charge is 0.496 e. The van der Waals surface area contributed by atoms with Crippen molar-refractivity contribution in [3.8, 4) is 11.6 Å². The topological polar surface area (TPSA) is 56.6 Å². The van der Waals surface area contributed by atoms with Crippen LogP contribution in [-0.2, 0) is 0 Å². The average molecular weight is 243 g/mol. The lowest BCUT2D eigenvalue weighted by Gasteiger charge is -2.05. The van der Waals surface area contributed by atoms with Crippen LogP contribution in [0.15, 0.2) is 41.8 Å². The van der Waals surface area contributed by atoms with Crippen molar-refractivity contribution in [1.29, 1.82) is 0 Å². The van der Waals surface area contributed by atoms with E-state index in [9.17, 15) is 0 Å². The van der Waals surface area contributed by atoms with Crippen molar-refractivity contribution in [2.75, 3.05) is 14.2 Å². The fourth-order valence-corrected chi connectivity index (χ4v) is 1.39. The Labute approximate surface area is 105 Å². The summed E-state index contributed by atoms with van der Waals surface area (Å²) in [5.41, 5.74) is 1.55. The van der Waals surface area contributed by atoms with Crippen molar-refractivity contribution in [3.05, 3.63) is 42.4 Å². The molecule has 0 spiro atoms. The lowest BCUT2D eigenvalue weighted by molar-refractivity contribution is 0.382. The predicted octanol–water partition coefficient (Wildman–Crippen LogP) is 2.24. The van der Waals surface area contributed by atoms with Gasteiger partial charge in [0.25, 0.3) is 0 Å². The molecule has 0 amide bonds. The van der Waals surface area contributed by atoms with Gasteiger partial charge < -0.3 is 9.47 Å². The van der Waals surface area contributed by atoms with Crippen LogP contribution in [0.2, 0.25) is 0 Å². The van der Waals surface area contributed by atoms with Crippen molar-refractivity contribution in [2.45, 2.75) is 0 Å². The molecule has 0 fully saturated rings. The molecule has 0 aliphatic rings. The number of hydrogen-bond donors (Lipinski definition) is 0. The molecular weight excluding hydrogens is 230 g/mol. The normalized spacial score (nSPS) is 10.6. The molecule has 0 aromatic carbocycles. The van der Waals surface area contributed by atoms with Gasteiger partial charge in [-0.15, -0.1) is 0 Å². The van der Waals surface area contributed by atoms with Gasteiger partial charge >= 0.3 is 0 Å². The number of aromatic nitrogens is 2. The Morgan fingerprint density at radius 1 is 1.22 bits per heavy atom. The number of hydrogen-bond acceptors (Lipinski definition) is 5. The van der Waals surface area contributed by atoms with E-state index >= 15 is 0 Å². The maximum Gasteiger partial charge on any atom is 0.216 e. The van der Waals surface area contributed by atoms with E-state index in [2.05, 4.69) is 15.0 Å². The third-order valence-electron chi connectivity index (χ3n) is 2.30. The van der Waals surface area contributed by atoms with Gasteiger partial charge in [0.1, 0.15) is 5.75 Å². The Morgan fingerprint density at radius 2 is 2.11 bits per heavy atom. The molecule has 5 nitrogen and oxygen atoms in total. The highest BCUT2D eigenvalue weighted by Crippen LogP contribution is 2.21. The molecule has 2 heterocycles. The first kappa shape index (κ1) is 12.0. The van der Waals surface area contributed by atoms with Crippen LogP contribution >= 0.6 is 0 Å². The first-order valence-corrected chi connectivity index (χ1v) is 5.35. The van der Waals surface area contributed by atoms with E-state index in [1.54, 1.807) is 45.1 Å². The lowest BCUT2D eigenvalue weighted by Crippen LogP contribution is -1.95. The Kier molecular flexibility index (Phi) is 3.86. The quantitative estimate of drug-likeness (QED) is 0.773. The third kappa shape index (κ3) is 2.82. The second-order valence-electron chi connectivity index (χ2n) is 3.44. The monoisotopic (exact) mass is 243 g/mol. The van der Waals surface area contributed by atoms with E-state index in [0.29, 0.717) is 11.6 Å². The minimum absolute atomic E-state index is 0.505. The SMILES string of the molecule is COc1cc(OC)c(C=Nc2cccnc2)cn1. The minimum Gasteiger partial charge on any atom is -0.496 e. The van der Waals surface area contributed by atoms with Gasteiger partial charge in [-0.3, -0.25) is 9.98 Å². The summed E-state index contributed by atoms with van der Waals surface area (Å²) in [6, 6.07) is 5.41. The molecule has 0 bridgehead atoms. The zero-order chi connectivity index (χ0) is 12.8. The minimum atomic E-state index is 0.505. The molecular formula is C13H13N3O2. The molecule has 0 saturated carbocycles. The molecule has 0 atom stereocenters. The summed E-state index contributed by atoms with van der Waals surface area (Å²) in [6.07, 6.45) is 6.72. The van der Waals surface area contributed by atoms with Crippen LogP contribution in [0, 0.1) is 0 Å². The molecule has 2 aromatic rings. The highest BCUT2D eigenvalue weighted by atomic mass is 16.5. The highest BCUT2D eigenvalue weighted by Gasteiger charge is 2.03. The smallest absolute Gasteiger partial charge is 0.216 e. The maximum atomic E-state index is 5.25. The van der Waals surface area contributed by atoms with Gasteiger partial charge in [0.15, 0.2) is 0 Å². The molecule has 2 aromatic heterocycles. The van der Waals surface area contributed by atoms with Gasteiger partial charge in [0, 0.05) is 24.7 Å². The van der Waals surface area contributed by atoms with Gasteiger partial charge in [0.05, 0.1) is 31.7 Å². The summed E-state index contributed by atoms with van der Waals surface area (Å²) in [5, 5.41) is 0. The lowest BCUT2D eigenvalue weighted by atomic mass is 10.2. The van der Waals surface area contributed by atoms with Crippen LogP contribution < -0.4 is 9.47 Å². The summed E-state index contributed by atoms with van der Waals surface area (Å²) in [5.74, 6) is 1.17. The van der Waals surface area contributed by atoms with Gasteiger partial charge in [-0.25, -0.2) is 4.98 Å². The Hall–Kier alpha value is -2.43. The Morgan fingerprint density at radius 3 is 2.78 bits per heavy atom. The van der Waals surface area contributed by atoms with Crippen molar-refractivity contribution < 1.29 is 9.47 Å². The van der Waals surface area contributed by atoms with E-state index in [0.717, 1.165) is 11.3 Å². The van der Waals surface area contributed by atoms with Gasteiger partial charge in [-0.1, -0.05) is 0 Å². The molecule has 0 aliphatic heterocycles. The van der Waals surface area contributed by atoms with Crippen molar-refractivity contribution in [1.82, 2.24) is 9.97 Å². The van der Waals surface area contributed by atoms with E-state index < -0.39 is 0 Å². The second-order valence-corrected chi connectivity index (χ2v) is 3.44. The highest BCUT2D eigenvalue weighted by molar-refractivity contribution is 5.85. The number of aliphatic imine (C=N–C) groups is 1. The third-order valence-corrected chi connectivity index (χ3v) is 2.30. The molecule has 0 N–H and O–H groups in total. The van der Waals surface area contributed by atoms with Crippen molar-refractivity contribution in [2.24, 2.45) is 4.99 Å². The van der Waals surface area contributed by atoms with Crippen LogP contribution in [0.25, 0.3) is 0 Å².